The lowest BCUT2D eigenvalue weighted by atomic mass is 9.46. The van der Waals surface area contributed by atoms with Crippen molar-refractivity contribution in [2.75, 3.05) is 6.61 Å². The van der Waals surface area contributed by atoms with E-state index in [1.54, 1.807) is 17.5 Å². The second-order valence-corrected chi connectivity index (χ2v) is 11.9. The fraction of sp³-hybridized carbons (Fsp3) is 0.615. The molecule has 4 aliphatic carbocycles. The van der Waals surface area contributed by atoms with Crippen LogP contribution < -0.4 is 0 Å². The van der Waals surface area contributed by atoms with Crippen LogP contribution in [0.3, 0.4) is 0 Å². The van der Waals surface area contributed by atoms with Crippen molar-refractivity contribution in [3.63, 3.8) is 0 Å². The van der Waals surface area contributed by atoms with Gasteiger partial charge in [-0.3, -0.25) is 9.59 Å². The molecule has 34 heavy (non-hydrogen) atoms. The summed E-state index contributed by atoms with van der Waals surface area (Å²) in [5, 5.41) is 23.2. The topological polar surface area (TPSA) is 93.1 Å². The first kappa shape index (κ1) is 22.7. The molecule has 3 unspecified atom stereocenters. The van der Waals surface area contributed by atoms with Crippen molar-refractivity contribution < 1.29 is 33.7 Å². The van der Waals surface area contributed by atoms with Crippen molar-refractivity contribution >= 4 is 22.9 Å². The monoisotopic (exact) mass is 488 g/mol. The van der Waals surface area contributed by atoms with E-state index in [2.05, 4.69) is 6.92 Å². The van der Waals surface area contributed by atoms with Gasteiger partial charge in [0.15, 0.2) is 23.5 Å². The summed E-state index contributed by atoms with van der Waals surface area (Å²) in [6.45, 7) is 3.36. The minimum Gasteiger partial charge on any atom is -0.393 e. The zero-order chi connectivity index (χ0) is 24.0. The summed E-state index contributed by atoms with van der Waals surface area (Å²) >= 11 is 1.17. The number of aliphatic hydroxyl groups is 2. The molecule has 2 N–H and O–H groups in total. The van der Waals surface area contributed by atoms with Crippen LogP contribution in [0, 0.1) is 34.4 Å². The average molecular weight is 489 g/mol. The van der Waals surface area contributed by atoms with E-state index in [4.69, 9.17) is 9.47 Å². The Morgan fingerprint density at radius 2 is 2.15 bits per heavy atom. The predicted molar refractivity (Wildman–Crippen MR) is 121 cm³/mol. The molecule has 4 fully saturated rings. The van der Waals surface area contributed by atoms with Crippen LogP contribution in [0.2, 0.25) is 0 Å². The Hall–Kier alpha value is -1.71. The molecule has 8 heteroatoms. The maximum atomic E-state index is 14.4. The van der Waals surface area contributed by atoms with Crippen LogP contribution >= 0.6 is 11.3 Å². The summed E-state index contributed by atoms with van der Waals surface area (Å²) in [5.41, 5.74) is -1.60. The van der Waals surface area contributed by atoms with Gasteiger partial charge in [0.1, 0.15) is 12.4 Å². The number of thiophene rings is 1. The average Bonchev–Trinajstić information content (AvgIpc) is 3.45. The second-order valence-electron chi connectivity index (χ2n) is 11.0. The summed E-state index contributed by atoms with van der Waals surface area (Å²) in [6.07, 6.45) is 5.26. The maximum absolute atomic E-state index is 14.4. The third-order valence-corrected chi connectivity index (χ3v) is 10.6. The van der Waals surface area contributed by atoms with Crippen LogP contribution in [0.5, 0.6) is 0 Å². The molecular formula is C26H29FO6S. The Bertz CT molecular complexity index is 1130. The summed E-state index contributed by atoms with van der Waals surface area (Å²) < 4.78 is 26.9. The van der Waals surface area contributed by atoms with Crippen molar-refractivity contribution in [1.29, 1.82) is 0 Å². The lowest BCUT2D eigenvalue weighted by Gasteiger charge is -2.59. The highest BCUT2D eigenvalue weighted by Crippen LogP contribution is 2.70. The SMILES string of the molecule is CC12C=CC(=O)C=C1CCC1[C@@H]2C(O)C[C@@]2(C)[C@H]1C[C@H]1O[C@@H](c3sccc3F)O[C@]12C(=O)CO. The lowest BCUT2D eigenvalue weighted by molar-refractivity contribution is -0.200. The molecule has 6 rings (SSSR count). The molecule has 9 atom stereocenters. The minimum atomic E-state index is -1.45. The van der Waals surface area contributed by atoms with Crippen molar-refractivity contribution in [3.8, 4) is 0 Å². The van der Waals surface area contributed by atoms with E-state index in [0.717, 1.165) is 18.4 Å². The van der Waals surface area contributed by atoms with Gasteiger partial charge < -0.3 is 19.7 Å². The highest BCUT2D eigenvalue weighted by atomic mass is 32.1. The Morgan fingerprint density at radius 3 is 2.85 bits per heavy atom. The number of rotatable bonds is 3. The van der Waals surface area contributed by atoms with E-state index in [0.29, 0.717) is 12.8 Å². The van der Waals surface area contributed by atoms with Gasteiger partial charge in [0, 0.05) is 16.7 Å². The van der Waals surface area contributed by atoms with Gasteiger partial charge in [0.25, 0.3) is 0 Å². The first-order chi connectivity index (χ1) is 16.2. The third-order valence-electron chi connectivity index (χ3n) is 9.65. The molecule has 0 radical (unpaired) electrons. The summed E-state index contributed by atoms with van der Waals surface area (Å²) in [4.78, 5) is 25.7. The Balaban J connectivity index is 1.41. The highest BCUT2D eigenvalue weighted by Gasteiger charge is 2.76. The van der Waals surface area contributed by atoms with E-state index < -0.39 is 53.1 Å². The Labute approximate surface area is 201 Å². The van der Waals surface area contributed by atoms with Gasteiger partial charge in [-0.05, 0) is 61.1 Å². The number of ether oxygens (including phenoxy) is 2. The fourth-order valence-electron chi connectivity index (χ4n) is 8.28. The summed E-state index contributed by atoms with van der Waals surface area (Å²) in [6, 6.07) is 1.34. The number of ketones is 2. The van der Waals surface area contributed by atoms with Gasteiger partial charge in [0.2, 0.25) is 0 Å². The van der Waals surface area contributed by atoms with Crippen molar-refractivity contribution in [1.82, 2.24) is 0 Å². The summed E-state index contributed by atoms with van der Waals surface area (Å²) in [5.74, 6) is -0.923. The largest absolute Gasteiger partial charge is 0.393 e. The Morgan fingerprint density at radius 1 is 1.35 bits per heavy atom. The fourth-order valence-corrected chi connectivity index (χ4v) is 9.01. The molecule has 0 amide bonds. The number of fused-ring (bicyclic) bond motifs is 7. The van der Waals surface area contributed by atoms with Gasteiger partial charge >= 0.3 is 0 Å². The minimum absolute atomic E-state index is 0.0138. The molecule has 1 aromatic rings. The van der Waals surface area contributed by atoms with Crippen LogP contribution in [0.4, 0.5) is 4.39 Å². The first-order valence-corrected chi connectivity index (χ1v) is 12.9. The van der Waals surface area contributed by atoms with Crippen LogP contribution in [0.25, 0.3) is 0 Å². The number of carbonyl (C=O) groups excluding carboxylic acids is 2. The number of Topliss-reactive ketones (excluding diaryl/α,β-unsaturated/α-hetero) is 1. The predicted octanol–water partition coefficient (Wildman–Crippen LogP) is 3.49. The lowest BCUT2D eigenvalue weighted by Crippen LogP contribution is -2.63. The molecule has 0 aromatic carbocycles. The zero-order valence-electron chi connectivity index (χ0n) is 19.2. The second kappa shape index (κ2) is 7.40. The van der Waals surface area contributed by atoms with Crippen molar-refractivity contribution in [2.24, 2.45) is 28.6 Å². The van der Waals surface area contributed by atoms with Gasteiger partial charge in [0.05, 0.1) is 17.1 Å². The van der Waals surface area contributed by atoms with E-state index in [9.17, 15) is 24.2 Å². The third kappa shape index (κ3) is 2.69. The van der Waals surface area contributed by atoms with Crippen LogP contribution in [0.15, 0.2) is 35.2 Å². The molecule has 2 heterocycles. The maximum Gasteiger partial charge on any atom is 0.197 e. The summed E-state index contributed by atoms with van der Waals surface area (Å²) in [7, 11) is 0. The molecule has 1 aliphatic heterocycles. The van der Waals surface area contributed by atoms with E-state index in [1.165, 1.54) is 17.4 Å². The number of carbonyl (C=O) groups is 2. The standard InChI is InChI=1S/C26H29FO6S/c1-24-7-5-14(29)9-13(24)3-4-15-16-10-20-26(19(31)12-28,25(16,2)11-18(30)21(15)24)33-23(32-20)22-17(27)6-8-34-22/h5-9,15-16,18,20-21,23,28,30H,3-4,10-12H2,1-2H3/t15?,16-,18?,20+,21+,23+,24?,25-,26+/m0/s1. The van der Waals surface area contributed by atoms with Gasteiger partial charge in [-0.1, -0.05) is 25.5 Å². The molecule has 0 bridgehead atoms. The molecule has 6 nitrogen and oxygen atoms in total. The highest BCUT2D eigenvalue weighted by molar-refractivity contribution is 7.10. The number of hydrogen-bond donors (Lipinski definition) is 2. The van der Waals surface area contributed by atoms with Crippen molar-refractivity contribution in [2.45, 2.75) is 63.6 Å². The van der Waals surface area contributed by atoms with E-state index in [-0.39, 0.29) is 28.4 Å². The molecule has 0 spiro atoms. The van der Waals surface area contributed by atoms with Gasteiger partial charge in [-0.2, -0.15) is 0 Å². The van der Waals surface area contributed by atoms with E-state index >= 15 is 0 Å². The number of halogens is 1. The zero-order valence-corrected chi connectivity index (χ0v) is 20.0. The molecular weight excluding hydrogens is 459 g/mol. The van der Waals surface area contributed by atoms with Gasteiger partial charge in [-0.15, -0.1) is 11.3 Å². The quantitative estimate of drug-likeness (QED) is 0.677. The molecule has 182 valence electrons. The van der Waals surface area contributed by atoms with Crippen LogP contribution in [-0.2, 0) is 19.1 Å². The number of aliphatic hydroxyl groups excluding tert-OH is 2. The molecule has 3 saturated carbocycles. The normalized spacial score (nSPS) is 47.0. The van der Waals surface area contributed by atoms with Crippen molar-refractivity contribution in [3.05, 3.63) is 45.9 Å². The molecule has 1 aromatic heterocycles. The van der Waals surface area contributed by atoms with E-state index in [1.807, 2.05) is 13.0 Å². The smallest absolute Gasteiger partial charge is 0.197 e. The number of allylic oxidation sites excluding steroid dienone is 4. The van der Waals surface area contributed by atoms with Gasteiger partial charge in [-0.25, -0.2) is 4.39 Å². The molecule has 1 saturated heterocycles. The van der Waals surface area contributed by atoms with Crippen LogP contribution in [-0.4, -0.2) is 46.2 Å². The number of hydrogen-bond acceptors (Lipinski definition) is 7. The Kier molecular flexibility index (Phi) is 4.95. The van der Waals surface area contributed by atoms with Crippen LogP contribution in [0.1, 0.15) is 50.7 Å². The first-order valence-electron chi connectivity index (χ1n) is 12.0. The molecule has 5 aliphatic rings.